The van der Waals surface area contributed by atoms with Crippen molar-refractivity contribution >= 4 is 17.3 Å². The van der Waals surface area contributed by atoms with E-state index in [0.29, 0.717) is 0 Å². The fourth-order valence-electron chi connectivity index (χ4n) is 1.97. The summed E-state index contributed by atoms with van der Waals surface area (Å²) in [4.78, 5) is 2.31. The molecule has 1 aliphatic rings. The molecule has 2 rings (SSSR count). The summed E-state index contributed by atoms with van der Waals surface area (Å²) in [6, 6.07) is 5.70. The van der Waals surface area contributed by atoms with Crippen LogP contribution in [0.2, 0.25) is 5.02 Å². The van der Waals surface area contributed by atoms with Crippen LogP contribution in [0.3, 0.4) is 0 Å². The maximum absolute atomic E-state index is 9.33. The molecule has 1 saturated carbocycles. The number of hydrogen-bond donors (Lipinski definition) is 1. The van der Waals surface area contributed by atoms with Crippen LogP contribution in [0.5, 0.6) is 0 Å². The number of nitrogens with zero attached hydrogens (tertiary/aromatic N) is 1. The summed E-state index contributed by atoms with van der Waals surface area (Å²) in [6.45, 7) is 4.27. The Morgan fingerprint density at radius 1 is 1.44 bits per heavy atom. The van der Waals surface area contributed by atoms with Crippen LogP contribution >= 0.6 is 11.6 Å². The number of anilines is 1. The number of rotatable bonds is 5. The van der Waals surface area contributed by atoms with Crippen LogP contribution < -0.4 is 4.90 Å². The van der Waals surface area contributed by atoms with Crippen LogP contribution in [-0.2, 0) is 6.61 Å². The highest BCUT2D eigenvalue weighted by Crippen LogP contribution is 2.33. The minimum atomic E-state index is 0.0771. The van der Waals surface area contributed by atoms with Gasteiger partial charge in [0.1, 0.15) is 0 Å². The molecule has 0 heterocycles. The molecule has 0 aromatic heterocycles. The fourth-order valence-corrected chi connectivity index (χ4v) is 2.14. The van der Waals surface area contributed by atoms with E-state index in [4.69, 9.17) is 11.6 Å². The van der Waals surface area contributed by atoms with Crippen molar-refractivity contribution in [1.82, 2.24) is 0 Å². The molecule has 16 heavy (non-hydrogen) atoms. The average molecular weight is 240 g/mol. The van der Waals surface area contributed by atoms with Gasteiger partial charge in [0, 0.05) is 29.4 Å². The Balaban J connectivity index is 2.23. The Labute approximate surface area is 102 Å². The van der Waals surface area contributed by atoms with Crippen LogP contribution in [0.1, 0.15) is 25.3 Å². The van der Waals surface area contributed by atoms with Crippen LogP contribution in [0.4, 0.5) is 5.69 Å². The molecule has 0 amide bonds. The number of halogens is 1. The second-order valence-corrected chi connectivity index (χ2v) is 4.85. The van der Waals surface area contributed by atoms with Crippen LogP contribution in [0.25, 0.3) is 0 Å². The first kappa shape index (κ1) is 11.7. The van der Waals surface area contributed by atoms with E-state index in [1.165, 1.54) is 12.8 Å². The number of benzene rings is 1. The van der Waals surface area contributed by atoms with Crippen LogP contribution in [0, 0.1) is 5.92 Å². The first-order valence-electron chi connectivity index (χ1n) is 5.88. The molecular weight excluding hydrogens is 222 g/mol. The Hall–Kier alpha value is -0.730. The topological polar surface area (TPSA) is 23.5 Å². The van der Waals surface area contributed by atoms with E-state index in [9.17, 15) is 5.11 Å². The molecule has 0 bridgehead atoms. The zero-order chi connectivity index (χ0) is 11.5. The largest absolute Gasteiger partial charge is 0.392 e. The summed E-state index contributed by atoms with van der Waals surface area (Å²) < 4.78 is 0. The molecule has 1 aliphatic carbocycles. The van der Waals surface area contributed by atoms with Gasteiger partial charge in [-0.15, -0.1) is 0 Å². The summed E-state index contributed by atoms with van der Waals surface area (Å²) in [5, 5.41) is 10.1. The monoisotopic (exact) mass is 239 g/mol. The van der Waals surface area contributed by atoms with Crippen molar-refractivity contribution in [3.05, 3.63) is 28.8 Å². The molecule has 1 fully saturated rings. The lowest BCUT2D eigenvalue weighted by Gasteiger charge is -2.25. The van der Waals surface area contributed by atoms with Crippen molar-refractivity contribution in [3.8, 4) is 0 Å². The van der Waals surface area contributed by atoms with E-state index in [-0.39, 0.29) is 6.61 Å². The van der Waals surface area contributed by atoms with Crippen molar-refractivity contribution in [2.24, 2.45) is 5.92 Å². The standard InChI is InChI=1S/C13H18ClNO/c1-2-15(8-10-3-4-10)13-7-12(14)6-5-11(13)9-16/h5-7,10,16H,2-4,8-9H2,1H3. The Morgan fingerprint density at radius 2 is 2.19 bits per heavy atom. The molecule has 0 spiro atoms. The van der Waals surface area contributed by atoms with Gasteiger partial charge in [-0.1, -0.05) is 17.7 Å². The normalized spacial score (nSPS) is 15.2. The Bertz CT molecular complexity index is 363. The molecule has 1 aromatic rings. The highest BCUT2D eigenvalue weighted by Gasteiger charge is 2.24. The third-order valence-corrected chi connectivity index (χ3v) is 3.35. The summed E-state index contributed by atoms with van der Waals surface area (Å²) in [5.74, 6) is 0.838. The van der Waals surface area contributed by atoms with Crippen LogP contribution in [0.15, 0.2) is 18.2 Å². The van der Waals surface area contributed by atoms with E-state index in [1.54, 1.807) is 0 Å². The third-order valence-electron chi connectivity index (χ3n) is 3.12. The molecule has 3 heteroatoms. The second kappa shape index (κ2) is 5.07. The quantitative estimate of drug-likeness (QED) is 0.854. The summed E-state index contributed by atoms with van der Waals surface area (Å²) >= 11 is 6.02. The number of aliphatic hydroxyl groups is 1. The Morgan fingerprint density at radius 3 is 2.75 bits per heavy atom. The molecule has 0 saturated heterocycles. The number of hydrogen-bond acceptors (Lipinski definition) is 2. The second-order valence-electron chi connectivity index (χ2n) is 4.41. The summed E-state index contributed by atoms with van der Waals surface area (Å²) in [5.41, 5.74) is 2.05. The predicted octanol–water partition coefficient (Wildman–Crippen LogP) is 3.07. The molecule has 1 N–H and O–H groups in total. The summed E-state index contributed by atoms with van der Waals surface area (Å²) in [6.07, 6.45) is 2.68. The lowest BCUT2D eigenvalue weighted by Crippen LogP contribution is -2.26. The van der Waals surface area contributed by atoms with Crippen molar-refractivity contribution < 1.29 is 5.11 Å². The van der Waals surface area contributed by atoms with E-state index >= 15 is 0 Å². The van der Waals surface area contributed by atoms with Crippen molar-refractivity contribution in [1.29, 1.82) is 0 Å². The predicted molar refractivity (Wildman–Crippen MR) is 68.0 cm³/mol. The van der Waals surface area contributed by atoms with Gasteiger partial charge < -0.3 is 10.0 Å². The van der Waals surface area contributed by atoms with E-state index in [0.717, 1.165) is 35.3 Å². The van der Waals surface area contributed by atoms with Crippen molar-refractivity contribution in [2.75, 3.05) is 18.0 Å². The third kappa shape index (κ3) is 2.69. The zero-order valence-corrected chi connectivity index (χ0v) is 10.4. The first-order chi connectivity index (χ1) is 7.74. The maximum atomic E-state index is 9.33. The maximum Gasteiger partial charge on any atom is 0.0702 e. The summed E-state index contributed by atoms with van der Waals surface area (Å²) in [7, 11) is 0. The Kier molecular flexibility index (Phi) is 3.72. The van der Waals surface area contributed by atoms with Gasteiger partial charge in [0.15, 0.2) is 0 Å². The van der Waals surface area contributed by atoms with Gasteiger partial charge in [0.25, 0.3) is 0 Å². The lowest BCUT2D eigenvalue weighted by molar-refractivity contribution is 0.282. The molecule has 88 valence electrons. The number of aliphatic hydroxyl groups excluding tert-OH is 1. The van der Waals surface area contributed by atoms with E-state index < -0.39 is 0 Å². The van der Waals surface area contributed by atoms with Gasteiger partial charge in [-0.05, 0) is 37.8 Å². The molecule has 0 radical (unpaired) electrons. The zero-order valence-electron chi connectivity index (χ0n) is 9.62. The van der Waals surface area contributed by atoms with E-state index in [2.05, 4.69) is 11.8 Å². The average Bonchev–Trinajstić information content (AvgIpc) is 3.09. The van der Waals surface area contributed by atoms with Crippen LogP contribution in [-0.4, -0.2) is 18.2 Å². The van der Waals surface area contributed by atoms with Gasteiger partial charge in [-0.2, -0.15) is 0 Å². The molecule has 1 aromatic carbocycles. The highest BCUT2D eigenvalue weighted by atomic mass is 35.5. The lowest BCUT2D eigenvalue weighted by atomic mass is 10.1. The van der Waals surface area contributed by atoms with Gasteiger partial charge in [-0.25, -0.2) is 0 Å². The minimum Gasteiger partial charge on any atom is -0.392 e. The van der Waals surface area contributed by atoms with Gasteiger partial charge in [0.05, 0.1) is 6.61 Å². The molecular formula is C13H18ClNO. The minimum absolute atomic E-state index is 0.0771. The smallest absolute Gasteiger partial charge is 0.0702 e. The van der Waals surface area contributed by atoms with Crippen molar-refractivity contribution in [2.45, 2.75) is 26.4 Å². The van der Waals surface area contributed by atoms with Gasteiger partial charge in [-0.3, -0.25) is 0 Å². The fraction of sp³-hybridized carbons (Fsp3) is 0.538. The first-order valence-corrected chi connectivity index (χ1v) is 6.26. The molecule has 0 unspecified atom stereocenters. The van der Waals surface area contributed by atoms with E-state index in [1.807, 2.05) is 18.2 Å². The molecule has 2 nitrogen and oxygen atoms in total. The molecule has 0 aliphatic heterocycles. The highest BCUT2D eigenvalue weighted by molar-refractivity contribution is 6.30. The van der Waals surface area contributed by atoms with Gasteiger partial charge in [0.2, 0.25) is 0 Å². The SMILES string of the molecule is CCN(CC1CC1)c1cc(Cl)ccc1CO. The molecule has 0 atom stereocenters. The van der Waals surface area contributed by atoms with Gasteiger partial charge >= 0.3 is 0 Å². The van der Waals surface area contributed by atoms with Crippen molar-refractivity contribution in [3.63, 3.8) is 0 Å².